The van der Waals surface area contributed by atoms with Crippen molar-refractivity contribution < 1.29 is 18.8 Å². The number of rotatable bonds is 4. The Balaban J connectivity index is 1.74. The SMILES string of the molecule is Cc1nc(C(NC(=O)NC2CCC(O)CC2)c2ccccc2F)no1. The van der Waals surface area contributed by atoms with Gasteiger partial charge in [-0.3, -0.25) is 0 Å². The Morgan fingerprint density at radius 3 is 2.68 bits per heavy atom. The number of amides is 2. The Morgan fingerprint density at radius 2 is 2.04 bits per heavy atom. The van der Waals surface area contributed by atoms with Gasteiger partial charge in [-0.05, 0) is 31.7 Å². The molecular formula is C17H21FN4O3. The van der Waals surface area contributed by atoms with E-state index in [1.54, 1.807) is 25.1 Å². The van der Waals surface area contributed by atoms with Crippen LogP contribution in [0.4, 0.5) is 9.18 Å². The van der Waals surface area contributed by atoms with Crippen LogP contribution >= 0.6 is 0 Å². The quantitative estimate of drug-likeness (QED) is 0.786. The van der Waals surface area contributed by atoms with Gasteiger partial charge in [0.15, 0.2) is 5.82 Å². The van der Waals surface area contributed by atoms with Crippen LogP contribution < -0.4 is 10.6 Å². The van der Waals surface area contributed by atoms with Crippen LogP contribution in [0.2, 0.25) is 0 Å². The van der Waals surface area contributed by atoms with Crippen molar-refractivity contribution in [2.45, 2.75) is 50.8 Å². The zero-order valence-corrected chi connectivity index (χ0v) is 13.9. The van der Waals surface area contributed by atoms with Crippen molar-refractivity contribution in [1.29, 1.82) is 0 Å². The normalized spacial score (nSPS) is 21.6. The van der Waals surface area contributed by atoms with E-state index in [1.807, 2.05) is 0 Å². The van der Waals surface area contributed by atoms with E-state index in [1.165, 1.54) is 6.07 Å². The van der Waals surface area contributed by atoms with Crippen LogP contribution in [-0.2, 0) is 0 Å². The molecule has 0 aliphatic heterocycles. The first-order valence-electron chi connectivity index (χ1n) is 8.32. The van der Waals surface area contributed by atoms with Gasteiger partial charge in [0.25, 0.3) is 0 Å². The van der Waals surface area contributed by atoms with Crippen molar-refractivity contribution in [1.82, 2.24) is 20.8 Å². The van der Waals surface area contributed by atoms with Gasteiger partial charge in [-0.1, -0.05) is 23.4 Å². The van der Waals surface area contributed by atoms with Gasteiger partial charge in [0.05, 0.1) is 6.10 Å². The van der Waals surface area contributed by atoms with E-state index in [-0.39, 0.29) is 23.5 Å². The summed E-state index contributed by atoms with van der Waals surface area (Å²) in [4.78, 5) is 16.5. The van der Waals surface area contributed by atoms with Crippen LogP contribution in [0.15, 0.2) is 28.8 Å². The number of hydrogen-bond donors (Lipinski definition) is 3. The molecule has 1 aromatic carbocycles. The molecule has 1 aromatic heterocycles. The summed E-state index contributed by atoms with van der Waals surface area (Å²) >= 11 is 0. The van der Waals surface area contributed by atoms with Crippen LogP contribution in [0.5, 0.6) is 0 Å². The van der Waals surface area contributed by atoms with Gasteiger partial charge in [0.2, 0.25) is 5.89 Å². The molecule has 1 aliphatic carbocycles. The predicted molar refractivity (Wildman–Crippen MR) is 87.2 cm³/mol. The van der Waals surface area contributed by atoms with Crippen LogP contribution in [0.3, 0.4) is 0 Å². The fraction of sp³-hybridized carbons (Fsp3) is 0.471. The van der Waals surface area contributed by atoms with Crippen LogP contribution in [0.1, 0.15) is 49.0 Å². The molecule has 1 heterocycles. The summed E-state index contributed by atoms with van der Waals surface area (Å²) in [5.41, 5.74) is 0.262. The Labute approximate surface area is 144 Å². The van der Waals surface area contributed by atoms with E-state index >= 15 is 0 Å². The number of hydrogen-bond acceptors (Lipinski definition) is 5. The molecule has 0 saturated heterocycles. The van der Waals surface area contributed by atoms with E-state index < -0.39 is 17.9 Å². The Bertz CT molecular complexity index is 728. The average Bonchev–Trinajstić information content (AvgIpc) is 3.02. The first-order chi connectivity index (χ1) is 12.0. The van der Waals surface area contributed by atoms with Crippen molar-refractivity contribution in [2.24, 2.45) is 0 Å². The predicted octanol–water partition coefficient (Wildman–Crippen LogP) is 2.21. The lowest BCUT2D eigenvalue weighted by Gasteiger charge is -2.27. The molecule has 8 heteroatoms. The molecular weight excluding hydrogens is 327 g/mol. The van der Waals surface area contributed by atoms with E-state index in [0.717, 1.165) is 0 Å². The lowest BCUT2D eigenvalue weighted by molar-refractivity contribution is 0.117. The zero-order chi connectivity index (χ0) is 17.8. The number of benzene rings is 1. The maximum atomic E-state index is 14.2. The van der Waals surface area contributed by atoms with E-state index in [2.05, 4.69) is 20.8 Å². The molecule has 3 N–H and O–H groups in total. The van der Waals surface area contributed by atoms with E-state index in [9.17, 15) is 14.3 Å². The monoisotopic (exact) mass is 348 g/mol. The minimum Gasteiger partial charge on any atom is -0.393 e. The summed E-state index contributed by atoms with van der Waals surface area (Å²) in [6.07, 6.45) is 2.44. The van der Waals surface area contributed by atoms with Gasteiger partial charge >= 0.3 is 6.03 Å². The van der Waals surface area contributed by atoms with Gasteiger partial charge in [0, 0.05) is 18.5 Å². The maximum Gasteiger partial charge on any atom is 0.315 e. The number of urea groups is 1. The van der Waals surface area contributed by atoms with E-state index in [4.69, 9.17) is 4.52 Å². The molecule has 2 amide bonds. The summed E-state index contributed by atoms with van der Waals surface area (Å²) in [7, 11) is 0. The minimum atomic E-state index is -0.854. The summed E-state index contributed by atoms with van der Waals surface area (Å²) in [6, 6.07) is 4.84. The lowest BCUT2D eigenvalue weighted by Crippen LogP contribution is -2.45. The summed E-state index contributed by atoms with van der Waals surface area (Å²) in [5, 5.41) is 18.9. The molecule has 134 valence electrons. The van der Waals surface area contributed by atoms with Gasteiger partial charge in [-0.25, -0.2) is 9.18 Å². The van der Waals surface area contributed by atoms with Gasteiger partial charge in [0.1, 0.15) is 11.9 Å². The fourth-order valence-corrected chi connectivity index (χ4v) is 3.00. The maximum absolute atomic E-state index is 14.2. The number of aliphatic hydroxyl groups excluding tert-OH is 1. The second-order valence-electron chi connectivity index (χ2n) is 6.25. The molecule has 0 radical (unpaired) electrons. The smallest absolute Gasteiger partial charge is 0.315 e. The molecule has 1 fully saturated rings. The van der Waals surface area contributed by atoms with Crippen LogP contribution in [0.25, 0.3) is 0 Å². The zero-order valence-electron chi connectivity index (χ0n) is 13.9. The number of aliphatic hydroxyl groups is 1. The third kappa shape index (κ3) is 4.33. The molecule has 25 heavy (non-hydrogen) atoms. The highest BCUT2D eigenvalue weighted by atomic mass is 19.1. The minimum absolute atomic E-state index is 0.0170. The third-order valence-electron chi connectivity index (χ3n) is 4.33. The molecule has 0 spiro atoms. The number of aromatic nitrogens is 2. The van der Waals surface area contributed by atoms with Crippen molar-refractivity contribution >= 4 is 6.03 Å². The number of halogens is 1. The molecule has 2 aromatic rings. The fourth-order valence-electron chi connectivity index (χ4n) is 3.00. The topological polar surface area (TPSA) is 100 Å². The lowest BCUT2D eigenvalue weighted by atomic mass is 9.93. The molecule has 1 saturated carbocycles. The average molecular weight is 348 g/mol. The first kappa shape index (κ1) is 17.3. The molecule has 7 nitrogen and oxygen atoms in total. The Hall–Kier alpha value is -2.48. The van der Waals surface area contributed by atoms with Gasteiger partial charge < -0.3 is 20.3 Å². The first-order valence-corrected chi connectivity index (χ1v) is 8.32. The summed E-state index contributed by atoms with van der Waals surface area (Å²) in [6.45, 7) is 1.63. The van der Waals surface area contributed by atoms with E-state index in [0.29, 0.717) is 31.6 Å². The van der Waals surface area contributed by atoms with Crippen molar-refractivity contribution in [2.75, 3.05) is 0 Å². The largest absolute Gasteiger partial charge is 0.393 e. The summed E-state index contributed by atoms with van der Waals surface area (Å²) in [5.74, 6) is 0.0627. The third-order valence-corrected chi connectivity index (χ3v) is 4.33. The van der Waals surface area contributed by atoms with Crippen molar-refractivity contribution in [3.8, 4) is 0 Å². The highest BCUT2D eigenvalue weighted by molar-refractivity contribution is 5.75. The van der Waals surface area contributed by atoms with Gasteiger partial charge in [-0.15, -0.1) is 0 Å². The Morgan fingerprint density at radius 1 is 1.32 bits per heavy atom. The highest BCUT2D eigenvalue weighted by Crippen LogP contribution is 2.23. The molecule has 1 atom stereocenters. The molecule has 1 aliphatic rings. The Kier molecular flexibility index (Phi) is 5.28. The van der Waals surface area contributed by atoms with Crippen molar-refractivity contribution in [3.05, 3.63) is 47.4 Å². The standard InChI is InChI=1S/C17H21FN4O3/c1-10-19-16(22-25-10)15(13-4-2-3-5-14(13)18)21-17(24)20-11-6-8-12(23)9-7-11/h2-5,11-12,15,23H,6-9H2,1H3,(H2,20,21,24). The van der Waals surface area contributed by atoms with Crippen LogP contribution in [0, 0.1) is 12.7 Å². The number of nitrogens with one attached hydrogen (secondary N) is 2. The number of carbonyl (C=O) groups excluding carboxylic acids is 1. The molecule has 0 bridgehead atoms. The van der Waals surface area contributed by atoms with Gasteiger partial charge in [-0.2, -0.15) is 4.98 Å². The number of nitrogens with zero attached hydrogens (tertiary/aromatic N) is 2. The summed E-state index contributed by atoms with van der Waals surface area (Å²) < 4.78 is 19.2. The number of carbonyl (C=O) groups is 1. The molecule has 3 rings (SSSR count). The number of aryl methyl sites for hydroxylation is 1. The second-order valence-corrected chi connectivity index (χ2v) is 6.25. The second kappa shape index (κ2) is 7.60. The van der Waals surface area contributed by atoms with Crippen LogP contribution in [-0.4, -0.2) is 33.4 Å². The highest BCUT2D eigenvalue weighted by Gasteiger charge is 2.26. The van der Waals surface area contributed by atoms with Crippen molar-refractivity contribution in [3.63, 3.8) is 0 Å². The molecule has 1 unspecified atom stereocenters.